The first-order chi connectivity index (χ1) is 7.81. The second-order valence-corrected chi connectivity index (χ2v) is 4.47. The molecule has 1 amide bonds. The van der Waals surface area contributed by atoms with Crippen LogP contribution in [-0.4, -0.2) is 40.2 Å². The molecule has 0 aliphatic rings. The molecule has 4 nitrogen and oxygen atoms in total. The maximum atomic E-state index is 13.5. The van der Waals surface area contributed by atoms with Crippen molar-refractivity contribution in [2.75, 3.05) is 13.7 Å². The average molecular weight is 241 g/mol. The number of amides is 1. The lowest BCUT2D eigenvalue weighted by atomic mass is 10.0. The molecule has 0 bridgehead atoms. The summed E-state index contributed by atoms with van der Waals surface area (Å²) in [7, 11) is 1.45. The molecule has 0 aliphatic carbocycles. The summed E-state index contributed by atoms with van der Waals surface area (Å²) in [5.74, 6) is -1.86. The first kappa shape index (κ1) is 13.4. The normalized spacial score (nSPS) is 11.4. The predicted molar refractivity (Wildman–Crippen MR) is 61.3 cm³/mol. The van der Waals surface area contributed by atoms with E-state index in [1.165, 1.54) is 24.1 Å². The summed E-state index contributed by atoms with van der Waals surface area (Å²) in [6.45, 7) is 3.02. The summed E-state index contributed by atoms with van der Waals surface area (Å²) in [4.78, 5) is 13.2. The lowest BCUT2D eigenvalue weighted by molar-refractivity contribution is 0.0466. The van der Waals surface area contributed by atoms with Crippen LogP contribution in [-0.2, 0) is 0 Å². The van der Waals surface area contributed by atoms with Crippen LogP contribution in [0.15, 0.2) is 18.2 Å². The number of halogens is 1. The fourth-order valence-corrected chi connectivity index (χ4v) is 1.27. The number of aliphatic hydroxyl groups excluding tert-OH is 1. The number of hydrogen-bond donors (Lipinski definition) is 2. The number of rotatable bonds is 3. The number of likely N-dealkylation sites (N-methyl/N-ethyl adjacent to an activating group) is 1. The van der Waals surface area contributed by atoms with Crippen molar-refractivity contribution in [1.82, 2.24) is 4.90 Å². The minimum atomic E-state index is -0.828. The zero-order valence-corrected chi connectivity index (χ0v) is 10.1. The highest BCUT2D eigenvalue weighted by Gasteiger charge is 2.30. The van der Waals surface area contributed by atoms with Crippen LogP contribution in [0.25, 0.3) is 0 Å². The topological polar surface area (TPSA) is 60.8 Å². The van der Waals surface area contributed by atoms with Gasteiger partial charge in [-0.25, -0.2) is 4.39 Å². The third-order valence-electron chi connectivity index (χ3n) is 2.81. The summed E-state index contributed by atoms with van der Waals surface area (Å²) >= 11 is 0. The summed E-state index contributed by atoms with van der Waals surface area (Å²) in [6, 6.07) is 3.67. The van der Waals surface area contributed by atoms with Crippen molar-refractivity contribution in [2.24, 2.45) is 0 Å². The first-order valence-electron chi connectivity index (χ1n) is 5.17. The van der Waals surface area contributed by atoms with Gasteiger partial charge in [-0.1, -0.05) is 6.07 Å². The van der Waals surface area contributed by atoms with Gasteiger partial charge in [-0.3, -0.25) is 4.79 Å². The molecule has 0 atom stereocenters. The quantitative estimate of drug-likeness (QED) is 0.840. The third-order valence-corrected chi connectivity index (χ3v) is 2.81. The molecule has 1 aromatic carbocycles. The Bertz CT molecular complexity index is 412. The van der Waals surface area contributed by atoms with Gasteiger partial charge in [-0.2, -0.15) is 0 Å². The van der Waals surface area contributed by atoms with Gasteiger partial charge in [0, 0.05) is 7.05 Å². The van der Waals surface area contributed by atoms with E-state index >= 15 is 0 Å². The molecule has 0 aromatic heterocycles. The van der Waals surface area contributed by atoms with Gasteiger partial charge >= 0.3 is 0 Å². The van der Waals surface area contributed by atoms with E-state index in [1.807, 2.05) is 0 Å². The molecule has 1 rings (SSSR count). The van der Waals surface area contributed by atoms with Crippen LogP contribution in [0.5, 0.6) is 5.75 Å². The predicted octanol–water partition coefficient (Wildman–Crippen LogP) is 1.37. The Morgan fingerprint density at radius 2 is 2.06 bits per heavy atom. The lowest BCUT2D eigenvalue weighted by Gasteiger charge is -2.34. The standard InChI is InChI=1S/C12H16FNO3/c1-12(2,7-15)14(3)11(17)10-8(13)5-4-6-9(10)16/h4-6,15-16H,7H2,1-3H3. The first-order valence-corrected chi connectivity index (χ1v) is 5.17. The maximum Gasteiger partial charge on any atom is 0.260 e. The Morgan fingerprint density at radius 3 is 2.53 bits per heavy atom. The summed E-state index contributed by atoms with van der Waals surface area (Å²) in [5, 5.41) is 18.6. The zero-order valence-electron chi connectivity index (χ0n) is 10.1. The number of aromatic hydroxyl groups is 1. The number of hydrogen-bond acceptors (Lipinski definition) is 3. The molecule has 0 unspecified atom stereocenters. The number of nitrogens with zero attached hydrogens (tertiary/aromatic N) is 1. The van der Waals surface area contributed by atoms with E-state index in [0.717, 1.165) is 6.07 Å². The molecule has 17 heavy (non-hydrogen) atoms. The fraction of sp³-hybridized carbons (Fsp3) is 0.417. The van der Waals surface area contributed by atoms with E-state index in [-0.39, 0.29) is 12.2 Å². The smallest absolute Gasteiger partial charge is 0.260 e. The second kappa shape index (κ2) is 4.71. The Labute approximate surface area is 99.3 Å². The van der Waals surface area contributed by atoms with E-state index in [9.17, 15) is 14.3 Å². The highest BCUT2D eigenvalue weighted by Crippen LogP contribution is 2.24. The zero-order chi connectivity index (χ0) is 13.2. The van der Waals surface area contributed by atoms with Gasteiger partial charge in [-0.15, -0.1) is 0 Å². The van der Waals surface area contributed by atoms with E-state index in [4.69, 9.17) is 5.11 Å². The van der Waals surface area contributed by atoms with Crippen molar-refractivity contribution >= 4 is 5.91 Å². The van der Waals surface area contributed by atoms with Crippen LogP contribution in [0.1, 0.15) is 24.2 Å². The number of phenols is 1. The molecule has 0 radical (unpaired) electrons. The van der Waals surface area contributed by atoms with Gasteiger partial charge in [0.05, 0.1) is 12.1 Å². The van der Waals surface area contributed by atoms with Crippen LogP contribution in [0, 0.1) is 5.82 Å². The van der Waals surface area contributed by atoms with Gasteiger partial charge in [-0.05, 0) is 26.0 Å². The largest absolute Gasteiger partial charge is 0.507 e. The molecular formula is C12H16FNO3. The SMILES string of the molecule is CN(C(=O)c1c(O)cccc1F)C(C)(C)CO. The van der Waals surface area contributed by atoms with E-state index in [1.54, 1.807) is 13.8 Å². The van der Waals surface area contributed by atoms with Gasteiger partial charge in [0.25, 0.3) is 5.91 Å². The highest BCUT2D eigenvalue weighted by molar-refractivity contribution is 5.97. The minimum Gasteiger partial charge on any atom is -0.507 e. The van der Waals surface area contributed by atoms with Crippen LogP contribution in [0.2, 0.25) is 0 Å². The third kappa shape index (κ3) is 2.55. The van der Waals surface area contributed by atoms with Crippen molar-refractivity contribution in [3.63, 3.8) is 0 Å². The Balaban J connectivity index is 3.14. The molecule has 0 aliphatic heterocycles. The number of benzene rings is 1. The number of carbonyl (C=O) groups excluding carboxylic acids is 1. The van der Waals surface area contributed by atoms with Gasteiger partial charge < -0.3 is 15.1 Å². The second-order valence-electron chi connectivity index (χ2n) is 4.47. The molecule has 0 saturated carbocycles. The van der Waals surface area contributed by atoms with Gasteiger partial charge in [0.2, 0.25) is 0 Å². The Morgan fingerprint density at radius 1 is 1.47 bits per heavy atom. The summed E-state index contributed by atoms with van der Waals surface area (Å²) < 4.78 is 13.5. The maximum absolute atomic E-state index is 13.5. The van der Waals surface area contributed by atoms with Crippen molar-refractivity contribution in [2.45, 2.75) is 19.4 Å². The highest BCUT2D eigenvalue weighted by atomic mass is 19.1. The number of aliphatic hydroxyl groups is 1. The van der Waals surface area contributed by atoms with E-state index in [2.05, 4.69) is 0 Å². The molecule has 0 fully saturated rings. The van der Waals surface area contributed by atoms with Crippen LogP contribution >= 0.6 is 0 Å². The lowest BCUT2D eigenvalue weighted by Crippen LogP contribution is -2.47. The minimum absolute atomic E-state index is 0.259. The molecular weight excluding hydrogens is 225 g/mol. The Kier molecular flexibility index (Phi) is 3.72. The van der Waals surface area contributed by atoms with E-state index < -0.39 is 23.0 Å². The average Bonchev–Trinajstić information content (AvgIpc) is 2.27. The van der Waals surface area contributed by atoms with Crippen LogP contribution in [0.4, 0.5) is 4.39 Å². The summed E-state index contributed by atoms with van der Waals surface area (Å²) in [5.41, 5.74) is -1.21. The van der Waals surface area contributed by atoms with Crippen LogP contribution in [0.3, 0.4) is 0 Å². The molecule has 2 N–H and O–H groups in total. The monoisotopic (exact) mass is 241 g/mol. The van der Waals surface area contributed by atoms with Gasteiger partial charge in [0.15, 0.2) is 0 Å². The van der Waals surface area contributed by atoms with Crippen molar-refractivity contribution < 1.29 is 19.4 Å². The molecule has 0 saturated heterocycles. The van der Waals surface area contributed by atoms with Crippen LogP contribution < -0.4 is 0 Å². The van der Waals surface area contributed by atoms with Crippen molar-refractivity contribution in [1.29, 1.82) is 0 Å². The Hall–Kier alpha value is -1.62. The number of carbonyl (C=O) groups is 1. The number of phenolic OH excluding ortho intramolecular Hbond substituents is 1. The molecule has 5 heteroatoms. The van der Waals surface area contributed by atoms with Crippen molar-refractivity contribution in [3.05, 3.63) is 29.6 Å². The molecule has 1 aromatic rings. The molecule has 0 spiro atoms. The molecule has 0 heterocycles. The van der Waals surface area contributed by atoms with Crippen molar-refractivity contribution in [3.8, 4) is 5.75 Å². The van der Waals surface area contributed by atoms with Gasteiger partial charge in [0.1, 0.15) is 17.1 Å². The molecule has 94 valence electrons. The fourth-order valence-electron chi connectivity index (χ4n) is 1.27. The van der Waals surface area contributed by atoms with E-state index in [0.29, 0.717) is 0 Å². The summed E-state index contributed by atoms with van der Waals surface area (Å²) in [6.07, 6.45) is 0.